The molecule has 1 nitrogen and oxygen atoms in total. The third-order valence-electron chi connectivity index (χ3n) is 3.45. The van der Waals surface area contributed by atoms with Crippen molar-refractivity contribution in [3.8, 4) is 11.1 Å². The van der Waals surface area contributed by atoms with E-state index in [-0.39, 0.29) is 5.78 Å². The van der Waals surface area contributed by atoms with Crippen molar-refractivity contribution in [2.45, 2.75) is 19.3 Å². The van der Waals surface area contributed by atoms with E-state index in [0.717, 1.165) is 34.6 Å². The maximum atomic E-state index is 11.9. The fourth-order valence-electron chi connectivity index (χ4n) is 2.49. The highest BCUT2D eigenvalue weighted by molar-refractivity contribution is 6.33. The van der Waals surface area contributed by atoms with Crippen LogP contribution in [0.25, 0.3) is 11.1 Å². The van der Waals surface area contributed by atoms with Gasteiger partial charge in [0.25, 0.3) is 0 Å². The molecule has 0 aromatic heterocycles. The Bertz CT molecular complexity index is 616. The first kappa shape index (κ1) is 11.5. The Labute approximate surface area is 111 Å². The summed E-state index contributed by atoms with van der Waals surface area (Å²) in [7, 11) is 0. The van der Waals surface area contributed by atoms with Crippen LogP contribution < -0.4 is 0 Å². The van der Waals surface area contributed by atoms with Gasteiger partial charge >= 0.3 is 0 Å². The lowest BCUT2D eigenvalue weighted by atomic mass is 9.88. The number of rotatable bonds is 1. The monoisotopic (exact) mass is 256 g/mol. The smallest absolute Gasteiger partial charge is 0.163 e. The van der Waals surface area contributed by atoms with Crippen LogP contribution in [0.2, 0.25) is 5.02 Å². The van der Waals surface area contributed by atoms with Crippen molar-refractivity contribution < 1.29 is 4.79 Å². The van der Waals surface area contributed by atoms with Crippen LogP contribution in [0.1, 0.15) is 28.8 Å². The van der Waals surface area contributed by atoms with Crippen LogP contribution in [-0.4, -0.2) is 5.78 Å². The average Bonchev–Trinajstić information content (AvgIpc) is 2.40. The average molecular weight is 257 g/mol. The van der Waals surface area contributed by atoms with E-state index in [0.29, 0.717) is 6.42 Å². The van der Waals surface area contributed by atoms with Crippen molar-refractivity contribution in [2.75, 3.05) is 0 Å². The van der Waals surface area contributed by atoms with Gasteiger partial charge in [-0.15, -0.1) is 0 Å². The molecule has 1 aliphatic carbocycles. The first-order chi connectivity index (χ1) is 8.75. The van der Waals surface area contributed by atoms with Gasteiger partial charge in [-0.2, -0.15) is 0 Å². The minimum atomic E-state index is 0.255. The summed E-state index contributed by atoms with van der Waals surface area (Å²) in [5.74, 6) is 0.255. The Balaban J connectivity index is 2.13. The summed E-state index contributed by atoms with van der Waals surface area (Å²) in [5.41, 5.74) is 4.05. The van der Waals surface area contributed by atoms with Crippen LogP contribution in [0.3, 0.4) is 0 Å². The summed E-state index contributed by atoms with van der Waals surface area (Å²) in [4.78, 5) is 11.9. The standard InChI is InChI=1S/C16H13ClO/c17-15-6-2-1-5-13(15)12-9-8-11-4-3-7-16(18)14(11)10-12/h1-2,5-6,8-10H,3-4,7H2. The Morgan fingerprint density at radius 3 is 2.61 bits per heavy atom. The minimum Gasteiger partial charge on any atom is -0.294 e. The van der Waals surface area contributed by atoms with Crippen molar-refractivity contribution in [3.63, 3.8) is 0 Å². The van der Waals surface area contributed by atoms with Gasteiger partial charge < -0.3 is 0 Å². The number of Topliss-reactive ketones (excluding diaryl/α,β-unsaturated/α-hetero) is 1. The summed E-state index contributed by atoms with van der Waals surface area (Å²) >= 11 is 6.19. The molecule has 0 saturated heterocycles. The van der Waals surface area contributed by atoms with Crippen LogP contribution in [0.4, 0.5) is 0 Å². The van der Waals surface area contributed by atoms with Gasteiger partial charge in [-0.1, -0.05) is 41.9 Å². The Morgan fingerprint density at radius 2 is 1.78 bits per heavy atom. The quantitative estimate of drug-likeness (QED) is 0.733. The highest BCUT2D eigenvalue weighted by Crippen LogP contribution is 2.31. The summed E-state index contributed by atoms with van der Waals surface area (Å²) in [5, 5.41) is 0.723. The molecule has 0 saturated carbocycles. The fraction of sp³-hybridized carbons (Fsp3) is 0.188. The predicted molar refractivity (Wildman–Crippen MR) is 74.2 cm³/mol. The van der Waals surface area contributed by atoms with Crippen molar-refractivity contribution in [3.05, 3.63) is 58.6 Å². The van der Waals surface area contributed by atoms with Gasteiger partial charge in [-0.25, -0.2) is 0 Å². The van der Waals surface area contributed by atoms with Gasteiger partial charge in [-0.05, 0) is 36.1 Å². The number of benzene rings is 2. The maximum Gasteiger partial charge on any atom is 0.163 e. The minimum absolute atomic E-state index is 0.255. The molecule has 2 aromatic rings. The molecule has 3 rings (SSSR count). The van der Waals surface area contributed by atoms with Crippen LogP contribution in [0, 0.1) is 0 Å². The third-order valence-corrected chi connectivity index (χ3v) is 3.77. The molecular formula is C16H13ClO. The highest BCUT2D eigenvalue weighted by atomic mass is 35.5. The van der Waals surface area contributed by atoms with E-state index in [9.17, 15) is 4.79 Å². The topological polar surface area (TPSA) is 17.1 Å². The number of hydrogen-bond donors (Lipinski definition) is 0. The Kier molecular flexibility index (Phi) is 2.92. The SMILES string of the molecule is O=C1CCCc2ccc(-c3ccccc3Cl)cc21. The zero-order chi connectivity index (χ0) is 12.5. The molecule has 0 heterocycles. The molecule has 0 N–H and O–H groups in total. The molecule has 0 atom stereocenters. The third kappa shape index (κ3) is 1.95. The van der Waals surface area contributed by atoms with Gasteiger partial charge in [0, 0.05) is 22.6 Å². The van der Waals surface area contributed by atoms with E-state index in [1.165, 1.54) is 5.56 Å². The van der Waals surface area contributed by atoms with Gasteiger partial charge in [0.05, 0.1) is 0 Å². The van der Waals surface area contributed by atoms with Crippen molar-refractivity contribution in [1.82, 2.24) is 0 Å². The second-order valence-electron chi connectivity index (χ2n) is 4.63. The van der Waals surface area contributed by atoms with E-state index < -0.39 is 0 Å². The van der Waals surface area contributed by atoms with E-state index in [1.54, 1.807) is 0 Å². The van der Waals surface area contributed by atoms with Crippen LogP contribution in [-0.2, 0) is 6.42 Å². The van der Waals surface area contributed by atoms with Gasteiger partial charge in [0.1, 0.15) is 0 Å². The molecule has 90 valence electrons. The lowest BCUT2D eigenvalue weighted by molar-refractivity contribution is 0.0972. The largest absolute Gasteiger partial charge is 0.294 e. The zero-order valence-corrected chi connectivity index (χ0v) is 10.7. The van der Waals surface area contributed by atoms with Crippen LogP contribution >= 0.6 is 11.6 Å². The summed E-state index contributed by atoms with van der Waals surface area (Å²) in [6, 6.07) is 13.8. The molecule has 0 radical (unpaired) electrons. The number of halogens is 1. The second kappa shape index (κ2) is 4.58. The zero-order valence-electron chi connectivity index (χ0n) is 9.95. The number of ketones is 1. The van der Waals surface area contributed by atoms with Crippen LogP contribution in [0.15, 0.2) is 42.5 Å². The lowest BCUT2D eigenvalue weighted by Gasteiger charge is -2.16. The normalized spacial score (nSPS) is 14.4. The summed E-state index contributed by atoms with van der Waals surface area (Å²) in [6.45, 7) is 0. The Morgan fingerprint density at radius 1 is 0.944 bits per heavy atom. The maximum absolute atomic E-state index is 11.9. The van der Waals surface area contributed by atoms with Gasteiger partial charge in [-0.3, -0.25) is 4.79 Å². The number of aryl methyl sites for hydroxylation is 1. The van der Waals surface area contributed by atoms with Gasteiger partial charge in [0.15, 0.2) is 5.78 Å². The number of hydrogen-bond acceptors (Lipinski definition) is 1. The van der Waals surface area contributed by atoms with Gasteiger partial charge in [0.2, 0.25) is 0 Å². The highest BCUT2D eigenvalue weighted by Gasteiger charge is 2.17. The van der Waals surface area contributed by atoms with E-state index in [4.69, 9.17) is 11.6 Å². The second-order valence-corrected chi connectivity index (χ2v) is 5.04. The Hall–Kier alpha value is -1.60. The molecule has 0 amide bonds. The molecule has 18 heavy (non-hydrogen) atoms. The molecule has 0 unspecified atom stereocenters. The predicted octanol–water partition coefficient (Wildman–Crippen LogP) is 4.53. The van der Waals surface area contributed by atoms with Crippen LogP contribution in [0.5, 0.6) is 0 Å². The number of carbonyl (C=O) groups excluding carboxylic acids is 1. The summed E-state index contributed by atoms with van der Waals surface area (Å²) < 4.78 is 0. The molecule has 2 aromatic carbocycles. The molecular weight excluding hydrogens is 244 g/mol. The van der Waals surface area contributed by atoms with Crippen molar-refractivity contribution in [1.29, 1.82) is 0 Å². The van der Waals surface area contributed by atoms with Crippen molar-refractivity contribution in [2.24, 2.45) is 0 Å². The molecule has 0 aliphatic heterocycles. The fourth-order valence-corrected chi connectivity index (χ4v) is 2.74. The van der Waals surface area contributed by atoms with E-state index in [1.807, 2.05) is 30.3 Å². The molecule has 2 heteroatoms. The number of fused-ring (bicyclic) bond motifs is 1. The lowest BCUT2D eigenvalue weighted by Crippen LogP contribution is -2.10. The first-order valence-corrected chi connectivity index (χ1v) is 6.54. The number of carbonyl (C=O) groups is 1. The summed E-state index contributed by atoms with van der Waals surface area (Å²) in [6.07, 6.45) is 2.64. The molecule has 0 bridgehead atoms. The molecule has 0 spiro atoms. The van der Waals surface area contributed by atoms with E-state index >= 15 is 0 Å². The van der Waals surface area contributed by atoms with Crippen molar-refractivity contribution >= 4 is 17.4 Å². The molecule has 0 fully saturated rings. The molecule has 1 aliphatic rings. The van der Waals surface area contributed by atoms with E-state index in [2.05, 4.69) is 12.1 Å². The first-order valence-electron chi connectivity index (χ1n) is 6.17.